The first kappa shape index (κ1) is 29.5. The van der Waals surface area contributed by atoms with Gasteiger partial charge in [0.05, 0.1) is 5.69 Å². The number of fused-ring (bicyclic) bond motifs is 6. The van der Waals surface area contributed by atoms with Gasteiger partial charge in [0.25, 0.3) is 0 Å². The average Bonchev–Trinajstić information content (AvgIpc) is 3.71. The molecular weight excluding hydrogens is 615 g/mol. The van der Waals surface area contributed by atoms with E-state index in [-0.39, 0.29) is 5.41 Å². The lowest BCUT2D eigenvalue weighted by Gasteiger charge is -2.27. The maximum atomic E-state index is 6.11. The van der Waals surface area contributed by atoms with Crippen LogP contribution in [0.1, 0.15) is 26.3 Å². The highest BCUT2D eigenvalue weighted by atomic mass is 32.1. The number of rotatable bonds is 5. The fourth-order valence-corrected chi connectivity index (χ4v) is 8.62. The molecule has 2 heterocycles. The highest BCUT2D eigenvalue weighted by Gasteiger charge is 2.23. The summed E-state index contributed by atoms with van der Waals surface area (Å²) in [6.07, 6.45) is 0. The summed E-state index contributed by atoms with van der Waals surface area (Å²) in [6.45, 7) is 6.92. The summed E-state index contributed by atoms with van der Waals surface area (Å²) in [5.41, 5.74) is 11.5. The second kappa shape index (κ2) is 11.5. The van der Waals surface area contributed by atoms with Gasteiger partial charge in [-0.2, -0.15) is 0 Å². The Morgan fingerprint density at radius 3 is 1.82 bits per heavy atom. The molecule has 0 fully saturated rings. The lowest BCUT2D eigenvalue weighted by Crippen LogP contribution is -2.11. The third kappa shape index (κ3) is 5.10. The highest BCUT2D eigenvalue weighted by Crippen LogP contribution is 2.47. The van der Waals surface area contributed by atoms with Crippen LogP contribution in [0, 0.1) is 0 Å². The van der Waals surface area contributed by atoms with Gasteiger partial charge in [-0.1, -0.05) is 124 Å². The molecule has 0 spiro atoms. The summed E-state index contributed by atoms with van der Waals surface area (Å²) in [6, 6.07) is 56.9. The monoisotopic (exact) mass is 649 g/mol. The molecule has 0 aliphatic carbocycles. The van der Waals surface area contributed by atoms with E-state index in [0.29, 0.717) is 0 Å². The van der Waals surface area contributed by atoms with Crippen LogP contribution < -0.4 is 4.90 Å². The van der Waals surface area contributed by atoms with Crippen molar-refractivity contribution in [2.45, 2.75) is 26.2 Å². The first-order valence-corrected chi connectivity index (χ1v) is 17.7. The number of furan rings is 1. The van der Waals surface area contributed by atoms with Gasteiger partial charge in [0.2, 0.25) is 0 Å². The zero-order valence-corrected chi connectivity index (χ0v) is 28.6. The van der Waals surface area contributed by atoms with E-state index in [9.17, 15) is 0 Å². The summed E-state index contributed by atoms with van der Waals surface area (Å²) < 4.78 is 8.78. The van der Waals surface area contributed by atoms with Gasteiger partial charge in [-0.3, -0.25) is 0 Å². The molecule has 0 bridgehead atoms. The highest BCUT2D eigenvalue weighted by molar-refractivity contribution is 7.26. The summed E-state index contributed by atoms with van der Waals surface area (Å²) in [4.78, 5) is 2.42. The first-order chi connectivity index (χ1) is 23.9. The molecular formula is C46H35NOS. The summed E-state index contributed by atoms with van der Waals surface area (Å²) in [7, 11) is 0. The summed E-state index contributed by atoms with van der Waals surface area (Å²) >= 11 is 1.90. The maximum Gasteiger partial charge on any atom is 0.135 e. The van der Waals surface area contributed by atoms with Gasteiger partial charge in [-0.05, 0) is 87.8 Å². The molecule has 49 heavy (non-hydrogen) atoms. The van der Waals surface area contributed by atoms with Crippen molar-refractivity contribution in [2.24, 2.45) is 0 Å². The molecule has 9 rings (SSSR count). The molecule has 0 saturated carbocycles. The number of nitrogens with zero attached hydrogens (tertiary/aromatic N) is 1. The van der Waals surface area contributed by atoms with E-state index in [1.807, 2.05) is 23.5 Å². The van der Waals surface area contributed by atoms with Crippen LogP contribution in [-0.2, 0) is 5.41 Å². The predicted octanol–water partition coefficient (Wildman–Crippen LogP) is 14.1. The SMILES string of the molecule is CC(C)(C)c1cccc2c1sc1cccc(N(c3ccc(-c4ccccc4)cc3)c3ccc(-c4ccc5oc6ccccc6c5c4)cc3)c12. The fourth-order valence-electron chi connectivity index (χ4n) is 7.18. The molecule has 0 radical (unpaired) electrons. The van der Waals surface area contributed by atoms with Crippen molar-refractivity contribution in [3.8, 4) is 22.3 Å². The third-order valence-electron chi connectivity index (χ3n) is 9.62. The zero-order chi connectivity index (χ0) is 33.1. The van der Waals surface area contributed by atoms with Crippen molar-refractivity contribution >= 4 is 70.5 Å². The van der Waals surface area contributed by atoms with Crippen LogP contribution in [0.25, 0.3) is 64.4 Å². The predicted molar refractivity (Wildman–Crippen MR) is 211 cm³/mol. The molecule has 0 saturated heterocycles. The molecule has 0 aliphatic heterocycles. The number of thiophene rings is 1. The number of benzene rings is 7. The topological polar surface area (TPSA) is 16.4 Å². The van der Waals surface area contributed by atoms with Gasteiger partial charge in [0, 0.05) is 42.3 Å². The van der Waals surface area contributed by atoms with Crippen LogP contribution >= 0.6 is 11.3 Å². The maximum absolute atomic E-state index is 6.11. The quantitative estimate of drug-likeness (QED) is 0.184. The van der Waals surface area contributed by atoms with Gasteiger partial charge < -0.3 is 9.32 Å². The van der Waals surface area contributed by atoms with Crippen LogP contribution in [-0.4, -0.2) is 0 Å². The van der Waals surface area contributed by atoms with E-state index in [0.717, 1.165) is 33.3 Å². The van der Waals surface area contributed by atoms with Gasteiger partial charge in [-0.15, -0.1) is 11.3 Å². The first-order valence-electron chi connectivity index (χ1n) is 16.8. The number of para-hydroxylation sites is 1. The number of anilines is 3. The molecule has 236 valence electrons. The zero-order valence-electron chi connectivity index (χ0n) is 27.8. The van der Waals surface area contributed by atoms with Gasteiger partial charge in [0.1, 0.15) is 11.2 Å². The molecule has 0 atom stereocenters. The van der Waals surface area contributed by atoms with Gasteiger partial charge >= 0.3 is 0 Å². The Hall–Kier alpha value is -5.64. The van der Waals surface area contributed by atoms with Crippen molar-refractivity contribution < 1.29 is 4.42 Å². The molecule has 7 aromatic carbocycles. The van der Waals surface area contributed by atoms with Crippen LogP contribution in [0.5, 0.6) is 0 Å². The third-order valence-corrected chi connectivity index (χ3v) is 10.8. The average molecular weight is 650 g/mol. The van der Waals surface area contributed by atoms with Crippen LogP contribution in [0.4, 0.5) is 17.1 Å². The van der Waals surface area contributed by atoms with Crippen molar-refractivity contribution in [3.05, 3.63) is 163 Å². The minimum atomic E-state index is 0.0507. The standard InChI is InChI=1S/C46H35NOS/c1-46(2,3)39-15-9-14-37-44-40(16-10-18-43(44)49-45(37)39)47(34-24-19-31(20-25-34)30-11-5-4-6-12-30)35-26-21-32(22-27-35)33-23-28-42-38(29-33)36-13-7-8-17-41(36)48-42/h4-29H,1-3H3. The van der Waals surface area contributed by atoms with Crippen LogP contribution in [0.2, 0.25) is 0 Å². The second-order valence-corrected chi connectivity index (χ2v) is 14.8. The van der Waals surface area contributed by atoms with E-state index < -0.39 is 0 Å². The van der Waals surface area contributed by atoms with Crippen LogP contribution in [0.15, 0.2) is 162 Å². The summed E-state index contributed by atoms with van der Waals surface area (Å²) in [5, 5.41) is 4.89. The summed E-state index contributed by atoms with van der Waals surface area (Å²) in [5.74, 6) is 0. The molecule has 0 amide bonds. The molecule has 0 unspecified atom stereocenters. The Labute approximate surface area is 290 Å². The van der Waals surface area contributed by atoms with E-state index >= 15 is 0 Å². The second-order valence-electron chi connectivity index (χ2n) is 13.8. The molecule has 0 N–H and O–H groups in total. The van der Waals surface area contributed by atoms with E-state index in [2.05, 4.69) is 171 Å². The van der Waals surface area contributed by atoms with E-state index in [1.165, 1.54) is 53.7 Å². The smallest absolute Gasteiger partial charge is 0.135 e. The molecule has 2 nitrogen and oxygen atoms in total. The van der Waals surface area contributed by atoms with E-state index in [4.69, 9.17) is 4.42 Å². The lowest BCUT2D eigenvalue weighted by atomic mass is 9.86. The van der Waals surface area contributed by atoms with Gasteiger partial charge in [-0.25, -0.2) is 0 Å². The molecule has 3 heteroatoms. The van der Waals surface area contributed by atoms with Crippen molar-refractivity contribution in [1.82, 2.24) is 0 Å². The minimum Gasteiger partial charge on any atom is -0.456 e. The largest absolute Gasteiger partial charge is 0.456 e. The Morgan fingerprint density at radius 1 is 0.490 bits per heavy atom. The molecule has 0 aliphatic rings. The Kier molecular flexibility index (Phi) is 6.93. The number of hydrogen-bond acceptors (Lipinski definition) is 3. The van der Waals surface area contributed by atoms with Crippen LogP contribution in [0.3, 0.4) is 0 Å². The fraction of sp³-hybridized carbons (Fsp3) is 0.0870. The minimum absolute atomic E-state index is 0.0507. The Balaban J connectivity index is 1.20. The van der Waals surface area contributed by atoms with Gasteiger partial charge in [0.15, 0.2) is 0 Å². The number of hydrogen-bond donors (Lipinski definition) is 0. The van der Waals surface area contributed by atoms with Crippen molar-refractivity contribution in [3.63, 3.8) is 0 Å². The lowest BCUT2D eigenvalue weighted by molar-refractivity contribution is 0.597. The molecule has 9 aromatic rings. The van der Waals surface area contributed by atoms with Crippen molar-refractivity contribution in [2.75, 3.05) is 4.90 Å². The van der Waals surface area contributed by atoms with Crippen molar-refractivity contribution in [1.29, 1.82) is 0 Å². The normalized spacial score (nSPS) is 12.0. The Bertz CT molecular complexity index is 2620. The Morgan fingerprint density at radius 2 is 1.08 bits per heavy atom. The molecule has 2 aromatic heterocycles. The van der Waals surface area contributed by atoms with E-state index in [1.54, 1.807) is 0 Å².